The number of benzene rings is 1. The van der Waals surface area contributed by atoms with E-state index in [0.29, 0.717) is 16.7 Å². The van der Waals surface area contributed by atoms with Gasteiger partial charge in [-0.1, -0.05) is 35.8 Å². The summed E-state index contributed by atoms with van der Waals surface area (Å²) in [5, 5.41) is 20.7. The first-order chi connectivity index (χ1) is 12.9. The average Bonchev–Trinajstić information content (AvgIpc) is 2.54. The van der Waals surface area contributed by atoms with Crippen LogP contribution in [-0.2, 0) is 20.7 Å². The molecule has 0 aliphatic rings. The summed E-state index contributed by atoms with van der Waals surface area (Å²) in [4.78, 5) is 23.8. The van der Waals surface area contributed by atoms with Crippen LogP contribution >= 0.6 is 23.2 Å². The number of carbonyl (C=O) groups is 2. The highest BCUT2D eigenvalue weighted by Crippen LogP contribution is 2.22. The molecule has 7 nitrogen and oxygen atoms in total. The van der Waals surface area contributed by atoms with Gasteiger partial charge in [0.25, 0.3) is 0 Å². The number of nitrogens with one attached hydrogen (secondary N) is 1. The van der Waals surface area contributed by atoms with Crippen LogP contribution in [0.3, 0.4) is 0 Å². The fourth-order valence-electron chi connectivity index (χ4n) is 2.12. The molecule has 1 aromatic carbocycles. The van der Waals surface area contributed by atoms with Crippen molar-refractivity contribution in [3.63, 3.8) is 0 Å². The summed E-state index contributed by atoms with van der Waals surface area (Å²) in [6, 6.07) is 4.39. The molecular weight excluding hydrogens is 427 g/mol. The van der Waals surface area contributed by atoms with Crippen molar-refractivity contribution in [1.82, 2.24) is 10.2 Å². The first kappa shape index (κ1) is 24.3. The number of hydrogen-bond donors (Lipinski definition) is 3. The first-order valence-corrected chi connectivity index (χ1v) is 8.40. The van der Waals surface area contributed by atoms with Crippen LogP contribution in [0.5, 0.6) is 0 Å². The molecule has 0 radical (unpaired) electrons. The highest BCUT2D eigenvalue weighted by molar-refractivity contribution is 6.35. The van der Waals surface area contributed by atoms with E-state index in [0.717, 1.165) is 0 Å². The Morgan fingerprint density at radius 2 is 2.00 bits per heavy atom. The second-order valence-corrected chi connectivity index (χ2v) is 6.32. The number of hydrogen-bond acceptors (Lipinski definition) is 5. The minimum absolute atomic E-state index is 0.159. The molecule has 0 saturated carbocycles. The van der Waals surface area contributed by atoms with Gasteiger partial charge in [0, 0.05) is 16.5 Å². The quantitative estimate of drug-likeness (QED) is 0.306. The Hall–Kier alpha value is -1.79. The Morgan fingerprint density at radius 1 is 1.36 bits per heavy atom. The molecule has 0 fully saturated rings. The van der Waals surface area contributed by atoms with Crippen molar-refractivity contribution in [3.8, 4) is 0 Å². The van der Waals surface area contributed by atoms with Crippen LogP contribution in [0.25, 0.3) is 0 Å². The lowest BCUT2D eigenvalue weighted by Gasteiger charge is -2.24. The zero-order valence-electron chi connectivity index (χ0n) is 14.2. The zero-order chi connectivity index (χ0) is 21.5. The number of carbonyl (C=O) groups excluding carboxylic acids is 2. The second kappa shape index (κ2) is 10.7. The van der Waals surface area contributed by atoms with Gasteiger partial charge in [-0.15, -0.1) is 0 Å². The molecular formula is C15H16BCl2F3N2O5. The van der Waals surface area contributed by atoms with Crippen molar-refractivity contribution in [2.24, 2.45) is 0 Å². The smallest absolute Gasteiger partial charge is 0.402 e. The van der Waals surface area contributed by atoms with E-state index in [4.69, 9.17) is 37.9 Å². The molecule has 0 spiro atoms. The maximum absolute atomic E-state index is 12.6. The largest absolute Gasteiger partial charge is 0.635 e. The van der Waals surface area contributed by atoms with Gasteiger partial charge in [-0.2, -0.15) is 13.2 Å². The van der Waals surface area contributed by atoms with Gasteiger partial charge in [-0.3, -0.25) is 9.59 Å². The molecule has 0 aliphatic carbocycles. The number of amides is 2. The van der Waals surface area contributed by atoms with Crippen molar-refractivity contribution >= 4 is 42.3 Å². The lowest BCUT2D eigenvalue weighted by molar-refractivity contribution is -0.160. The second-order valence-electron chi connectivity index (χ2n) is 5.47. The highest BCUT2D eigenvalue weighted by atomic mass is 35.5. The van der Waals surface area contributed by atoms with Gasteiger partial charge >= 0.3 is 13.5 Å². The summed E-state index contributed by atoms with van der Waals surface area (Å²) in [6.45, 7) is 0.463. The van der Waals surface area contributed by atoms with Crippen LogP contribution in [0.1, 0.15) is 5.56 Å². The minimum atomic E-state index is -4.73. The maximum atomic E-state index is 12.6. The van der Waals surface area contributed by atoms with E-state index in [1.54, 1.807) is 0 Å². The van der Waals surface area contributed by atoms with Gasteiger partial charge in [0.05, 0.1) is 0 Å². The molecule has 154 valence electrons. The van der Waals surface area contributed by atoms with Crippen LogP contribution in [0.4, 0.5) is 13.2 Å². The molecule has 2 amide bonds. The fraction of sp³-hybridized carbons (Fsp3) is 0.333. The number of rotatable bonds is 9. The normalized spacial score (nSPS) is 12.2. The summed E-state index contributed by atoms with van der Waals surface area (Å²) >= 11 is 11.8. The van der Waals surface area contributed by atoms with E-state index in [-0.39, 0.29) is 16.3 Å². The highest BCUT2D eigenvalue weighted by Gasteiger charge is 2.33. The van der Waals surface area contributed by atoms with Crippen molar-refractivity contribution in [3.05, 3.63) is 46.5 Å². The standard InChI is InChI=1S/C15H16BCl2F3N2O5/c1-2-14(25)23(8-15(19,20)21)7-12(24)22-13(28-16(26)27)5-9-3-4-10(17)6-11(9)18/h2-4,6,13,26-27H,1,5,7-8H2,(H,22,24)/t13-/m1/s1. The lowest BCUT2D eigenvalue weighted by Crippen LogP contribution is -2.49. The topological polar surface area (TPSA) is 99.1 Å². The van der Waals surface area contributed by atoms with Crippen molar-refractivity contribution in [2.45, 2.75) is 18.8 Å². The molecule has 1 atom stereocenters. The molecule has 13 heteroatoms. The SMILES string of the molecule is C=CC(=O)N(CC(=O)N[C@@H](Cc1ccc(Cl)cc1Cl)OB(O)O)CC(F)(F)F. The van der Waals surface area contributed by atoms with E-state index in [1.807, 2.05) is 0 Å². The molecule has 1 rings (SSSR count). The third kappa shape index (κ3) is 8.94. The molecule has 0 unspecified atom stereocenters. The van der Waals surface area contributed by atoms with E-state index < -0.39 is 44.6 Å². The Kier molecular flexibility index (Phi) is 9.25. The summed E-state index contributed by atoms with van der Waals surface area (Å²) in [5.41, 5.74) is 0.409. The number of nitrogens with zero attached hydrogens (tertiary/aromatic N) is 1. The molecule has 0 bridgehead atoms. The Balaban J connectivity index is 2.87. The molecule has 0 aromatic heterocycles. The Bertz CT molecular complexity index is 721. The minimum Gasteiger partial charge on any atom is -0.402 e. The van der Waals surface area contributed by atoms with Gasteiger partial charge in [0.1, 0.15) is 19.3 Å². The Labute approximate surface area is 168 Å². The van der Waals surface area contributed by atoms with Crippen LogP contribution < -0.4 is 5.32 Å². The van der Waals surface area contributed by atoms with Crippen LogP contribution in [0, 0.1) is 0 Å². The summed E-state index contributed by atoms with van der Waals surface area (Å²) in [7, 11) is -2.28. The van der Waals surface area contributed by atoms with Gasteiger partial charge in [-0.05, 0) is 23.8 Å². The first-order valence-electron chi connectivity index (χ1n) is 7.64. The van der Waals surface area contributed by atoms with E-state index >= 15 is 0 Å². The molecule has 0 saturated heterocycles. The lowest BCUT2D eigenvalue weighted by atomic mass is 10.1. The van der Waals surface area contributed by atoms with Crippen LogP contribution in [0.15, 0.2) is 30.9 Å². The third-order valence-corrected chi connectivity index (χ3v) is 3.81. The van der Waals surface area contributed by atoms with E-state index in [9.17, 15) is 22.8 Å². The maximum Gasteiger partial charge on any atom is 0.635 e. The van der Waals surface area contributed by atoms with Gasteiger partial charge in [-0.25, -0.2) is 0 Å². The van der Waals surface area contributed by atoms with Crippen molar-refractivity contribution in [1.29, 1.82) is 0 Å². The van der Waals surface area contributed by atoms with Gasteiger partial charge in [0.15, 0.2) is 0 Å². The number of alkyl halides is 3. The molecule has 3 N–H and O–H groups in total. The molecule has 0 aliphatic heterocycles. The predicted octanol–water partition coefficient (Wildman–Crippen LogP) is 1.54. The monoisotopic (exact) mass is 442 g/mol. The van der Waals surface area contributed by atoms with Crippen molar-refractivity contribution < 1.29 is 37.5 Å². The fourth-order valence-corrected chi connectivity index (χ4v) is 2.61. The summed E-state index contributed by atoms with van der Waals surface area (Å²) in [5.74, 6) is -2.14. The summed E-state index contributed by atoms with van der Waals surface area (Å²) in [6.07, 6.45) is -5.61. The third-order valence-electron chi connectivity index (χ3n) is 3.22. The summed E-state index contributed by atoms with van der Waals surface area (Å²) < 4.78 is 42.4. The van der Waals surface area contributed by atoms with E-state index in [1.165, 1.54) is 18.2 Å². The van der Waals surface area contributed by atoms with E-state index in [2.05, 4.69) is 11.9 Å². The van der Waals surface area contributed by atoms with Crippen LogP contribution in [0.2, 0.25) is 10.0 Å². The molecule has 0 heterocycles. The van der Waals surface area contributed by atoms with Gasteiger partial charge < -0.3 is 24.9 Å². The average molecular weight is 443 g/mol. The zero-order valence-corrected chi connectivity index (χ0v) is 15.8. The predicted molar refractivity (Wildman–Crippen MR) is 96.2 cm³/mol. The van der Waals surface area contributed by atoms with Crippen molar-refractivity contribution in [2.75, 3.05) is 13.1 Å². The van der Waals surface area contributed by atoms with Crippen LogP contribution in [-0.4, -0.2) is 59.6 Å². The molecule has 28 heavy (non-hydrogen) atoms. The Morgan fingerprint density at radius 3 is 2.50 bits per heavy atom. The van der Waals surface area contributed by atoms with Gasteiger partial charge in [0.2, 0.25) is 11.8 Å². The molecule has 1 aromatic rings. The number of halogens is 5.